The van der Waals surface area contributed by atoms with Crippen LogP contribution in [0.3, 0.4) is 0 Å². The number of halogens is 3. The van der Waals surface area contributed by atoms with Crippen molar-refractivity contribution in [3.8, 4) is 11.1 Å². The maximum Gasteiger partial charge on any atom is 0.332 e. The van der Waals surface area contributed by atoms with Crippen molar-refractivity contribution >= 4 is 34.1 Å². The van der Waals surface area contributed by atoms with E-state index in [0.717, 1.165) is 28.6 Å². The highest BCUT2D eigenvalue weighted by Crippen LogP contribution is 2.39. The van der Waals surface area contributed by atoms with Crippen LogP contribution in [0.15, 0.2) is 99.8 Å². The smallest absolute Gasteiger partial charge is 0.332 e. The Balaban J connectivity index is 1.52. The minimum Gasteiger partial charge on any atom is -0.451 e. The van der Waals surface area contributed by atoms with Crippen LogP contribution < -0.4 is 5.56 Å². The predicted octanol–water partition coefficient (Wildman–Crippen LogP) is 6.70. The SMILES string of the molecule is Cc1ccc([C@@H]2CC(c3c(-c4ccc(Cl)cc4)c4ccccc4[nH]c3=O)=NN2C(=O)C(F)(F)Cc2cocn2)cc1. The van der Waals surface area contributed by atoms with Crippen molar-refractivity contribution < 1.29 is 18.0 Å². The molecule has 206 valence electrons. The van der Waals surface area contributed by atoms with E-state index in [4.69, 9.17) is 16.0 Å². The quantitative estimate of drug-likeness (QED) is 0.245. The molecule has 0 aliphatic carbocycles. The number of aromatic nitrogens is 2. The molecule has 7 nitrogen and oxygen atoms in total. The maximum atomic E-state index is 15.4. The first-order valence-electron chi connectivity index (χ1n) is 12.9. The van der Waals surface area contributed by atoms with Crippen molar-refractivity contribution in [2.45, 2.75) is 31.7 Å². The van der Waals surface area contributed by atoms with Gasteiger partial charge in [0.25, 0.3) is 5.56 Å². The predicted molar refractivity (Wildman–Crippen MR) is 152 cm³/mol. The second-order valence-electron chi connectivity index (χ2n) is 9.94. The van der Waals surface area contributed by atoms with Crippen LogP contribution >= 0.6 is 11.6 Å². The lowest BCUT2D eigenvalue weighted by molar-refractivity contribution is -0.159. The number of hydrazone groups is 1. The number of nitrogens with zero attached hydrogens (tertiary/aromatic N) is 3. The molecule has 3 heterocycles. The van der Waals surface area contributed by atoms with E-state index in [1.54, 1.807) is 48.5 Å². The molecule has 1 aliphatic rings. The first-order chi connectivity index (χ1) is 19.7. The molecule has 0 radical (unpaired) electrons. The van der Waals surface area contributed by atoms with Gasteiger partial charge in [-0.05, 0) is 36.2 Å². The molecule has 3 aromatic carbocycles. The number of amides is 1. The summed E-state index contributed by atoms with van der Waals surface area (Å²) in [6, 6.07) is 20.7. The molecule has 0 bridgehead atoms. The summed E-state index contributed by atoms with van der Waals surface area (Å²) < 4.78 is 35.5. The van der Waals surface area contributed by atoms with Crippen molar-refractivity contribution in [1.29, 1.82) is 0 Å². The van der Waals surface area contributed by atoms with Crippen LogP contribution in [0, 0.1) is 6.92 Å². The molecule has 41 heavy (non-hydrogen) atoms. The molecule has 1 amide bonds. The fraction of sp³-hybridized carbons (Fsp3) is 0.161. The third kappa shape index (κ3) is 5.04. The number of fused-ring (bicyclic) bond motifs is 1. The van der Waals surface area contributed by atoms with Gasteiger partial charge < -0.3 is 9.40 Å². The number of carbonyl (C=O) groups excluding carboxylic acids is 1. The molecule has 10 heteroatoms. The van der Waals surface area contributed by atoms with Gasteiger partial charge in [0.1, 0.15) is 6.26 Å². The Bertz CT molecular complexity index is 1830. The van der Waals surface area contributed by atoms with Crippen molar-refractivity contribution in [3.05, 3.63) is 123 Å². The lowest BCUT2D eigenvalue weighted by atomic mass is 9.91. The van der Waals surface area contributed by atoms with E-state index in [0.29, 0.717) is 27.2 Å². The number of nitrogens with one attached hydrogen (secondary N) is 1. The van der Waals surface area contributed by atoms with E-state index in [-0.39, 0.29) is 23.4 Å². The number of H-pyrrole nitrogens is 1. The zero-order chi connectivity index (χ0) is 28.7. The molecule has 1 N–H and O–H groups in total. The van der Waals surface area contributed by atoms with Gasteiger partial charge in [0, 0.05) is 27.9 Å². The lowest BCUT2D eigenvalue weighted by Gasteiger charge is -2.26. The second kappa shape index (κ2) is 10.4. The van der Waals surface area contributed by atoms with Crippen LogP contribution in [-0.4, -0.2) is 32.5 Å². The third-order valence-corrected chi connectivity index (χ3v) is 7.38. The summed E-state index contributed by atoms with van der Waals surface area (Å²) in [4.78, 5) is 33.7. The normalized spacial score (nSPS) is 15.4. The summed E-state index contributed by atoms with van der Waals surface area (Å²) >= 11 is 6.14. The Morgan fingerprint density at radius 3 is 2.51 bits per heavy atom. The molecule has 0 unspecified atom stereocenters. The molecule has 0 fully saturated rings. The number of hydrogen-bond acceptors (Lipinski definition) is 5. The number of pyridine rings is 1. The highest BCUT2D eigenvalue weighted by molar-refractivity contribution is 6.30. The largest absolute Gasteiger partial charge is 0.451 e. The first kappa shape index (κ1) is 26.6. The van der Waals surface area contributed by atoms with Gasteiger partial charge in [-0.25, -0.2) is 9.99 Å². The molecule has 0 spiro atoms. The Hall–Kier alpha value is -4.63. The van der Waals surface area contributed by atoms with Gasteiger partial charge in [0.15, 0.2) is 6.39 Å². The first-order valence-corrected chi connectivity index (χ1v) is 13.2. The van der Waals surface area contributed by atoms with Crippen LogP contribution in [0.4, 0.5) is 8.78 Å². The maximum absolute atomic E-state index is 15.4. The number of benzene rings is 3. The van der Waals surface area contributed by atoms with Crippen LogP contribution in [0.25, 0.3) is 22.0 Å². The van der Waals surface area contributed by atoms with E-state index in [1.165, 1.54) is 0 Å². The van der Waals surface area contributed by atoms with Gasteiger partial charge in [-0.15, -0.1) is 0 Å². The van der Waals surface area contributed by atoms with Crippen LogP contribution in [0.5, 0.6) is 0 Å². The molecule has 0 saturated carbocycles. The number of rotatable bonds is 6. The summed E-state index contributed by atoms with van der Waals surface area (Å²) in [6.07, 6.45) is 1.21. The molecule has 0 saturated heterocycles. The summed E-state index contributed by atoms with van der Waals surface area (Å²) in [7, 11) is 0. The van der Waals surface area contributed by atoms with Crippen molar-refractivity contribution in [2.75, 3.05) is 0 Å². The third-order valence-electron chi connectivity index (χ3n) is 7.12. The molecule has 6 rings (SSSR count). The van der Waals surface area contributed by atoms with Gasteiger partial charge in [0.2, 0.25) is 0 Å². The minimum atomic E-state index is -3.83. The molecule has 5 aromatic rings. The van der Waals surface area contributed by atoms with E-state index in [2.05, 4.69) is 15.1 Å². The topological polar surface area (TPSA) is 91.6 Å². The second-order valence-corrected chi connectivity index (χ2v) is 10.4. The number of para-hydroxylation sites is 1. The minimum absolute atomic E-state index is 0.0524. The zero-order valence-corrected chi connectivity index (χ0v) is 22.5. The molecule has 1 aliphatic heterocycles. The highest BCUT2D eigenvalue weighted by atomic mass is 35.5. The van der Waals surface area contributed by atoms with Crippen LogP contribution in [-0.2, 0) is 11.2 Å². The Morgan fingerprint density at radius 2 is 1.80 bits per heavy atom. The lowest BCUT2D eigenvalue weighted by Crippen LogP contribution is -2.42. The molecular weight excluding hydrogens is 550 g/mol. The van der Waals surface area contributed by atoms with Crippen LogP contribution in [0.1, 0.15) is 34.8 Å². The average molecular weight is 573 g/mol. The Morgan fingerprint density at radius 1 is 1.07 bits per heavy atom. The van der Waals surface area contributed by atoms with Crippen molar-refractivity contribution in [3.63, 3.8) is 0 Å². The van der Waals surface area contributed by atoms with E-state index >= 15 is 8.78 Å². The summed E-state index contributed by atoms with van der Waals surface area (Å²) in [5, 5.41) is 6.50. The standard InChI is InChI=1S/C31H23ClF2N4O3/c1-18-6-8-19(9-7-18)26-14-25(37-38(26)30(40)31(33,34)15-22-16-41-17-35-22)28-27(20-10-12-21(32)13-11-20)23-4-2-3-5-24(23)36-29(28)39/h2-13,16-17,26H,14-15H2,1H3,(H,36,39)/t26-/m0/s1. The number of oxazole rings is 1. The van der Waals surface area contributed by atoms with Crippen molar-refractivity contribution in [1.82, 2.24) is 15.0 Å². The van der Waals surface area contributed by atoms with E-state index in [9.17, 15) is 9.59 Å². The number of alkyl halides is 2. The summed E-state index contributed by atoms with van der Waals surface area (Å²) in [5.74, 6) is -5.32. The Kier molecular flexibility index (Phi) is 6.75. The number of aryl methyl sites for hydroxylation is 1. The number of aromatic amines is 1. The zero-order valence-electron chi connectivity index (χ0n) is 21.8. The van der Waals surface area contributed by atoms with Gasteiger partial charge in [0.05, 0.1) is 29.4 Å². The van der Waals surface area contributed by atoms with Gasteiger partial charge >= 0.3 is 11.8 Å². The van der Waals surface area contributed by atoms with E-state index in [1.807, 2.05) is 31.2 Å². The van der Waals surface area contributed by atoms with Gasteiger partial charge in [-0.3, -0.25) is 9.59 Å². The highest BCUT2D eigenvalue weighted by Gasteiger charge is 2.48. The Labute approximate surface area is 238 Å². The molecule has 2 aromatic heterocycles. The van der Waals surface area contributed by atoms with Crippen LogP contribution in [0.2, 0.25) is 5.02 Å². The van der Waals surface area contributed by atoms with Gasteiger partial charge in [-0.1, -0.05) is 71.8 Å². The monoisotopic (exact) mass is 572 g/mol. The number of carbonyl (C=O) groups is 1. The average Bonchev–Trinajstić information content (AvgIpc) is 3.63. The molecular formula is C31H23ClF2N4O3. The molecule has 1 atom stereocenters. The number of hydrogen-bond donors (Lipinski definition) is 1. The fourth-order valence-electron chi connectivity index (χ4n) is 5.13. The van der Waals surface area contributed by atoms with Crippen molar-refractivity contribution in [2.24, 2.45) is 5.10 Å². The fourth-order valence-corrected chi connectivity index (χ4v) is 5.25. The van der Waals surface area contributed by atoms with Gasteiger partial charge in [-0.2, -0.15) is 13.9 Å². The van der Waals surface area contributed by atoms with E-state index < -0.39 is 29.9 Å². The summed E-state index contributed by atoms with van der Waals surface area (Å²) in [5.41, 5.74) is 3.38. The summed E-state index contributed by atoms with van der Waals surface area (Å²) in [6.45, 7) is 1.91.